The number of aromatic nitrogens is 2. The lowest BCUT2D eigenvalue weighted by atomic mass is 10.0. The van der Waals surface area contributed by atoms with Gasteiger partial charge in [-0.05, 0) is 32.0 Å². The van der Waals surface area contributed by atoms with Crippen molar-refractivity contribution in [2.75, 3.05) is 43.2 Å². The number of carboxylic acid groups (broad SMARTS) is 2. The fourth-order valence-electron chi connectivity index (χ4n) is 3.43. The predicted molar refractivity (Wildman–Crippen MR) is 129 cm³/mol. The molecule has 0 radical (unpaired) electrons. The van der Waals surface area contributed by atoms with Gasteiger partial charge in [-0.3, -0.25) is 15.3 Å². The second kappa shape index (κ2) is 13.3. The average molecular weight is 510 g/mol. The maximum absolute atomic E-state index is 14.0. The quantitative estimate of drug-likeness (QED) is 0.126. The molecule has 14 heteroatoms. The second-order valence-corrected chi connectivity index (χ2v) is 8.40. The van der Waals surface area contributed by atoms with Gasteiger partial charge in [0.25, 0.3) is 0 Å². The Balaban J connectivity index is 0.000000678. The number of hydrazine groups is 1. The van der Waals surface area contributed by atoms with Crippen LogP contribution in [0.1, 0.15) is 38.4 Å². The number of piperidine rings is 1. The Bertz CT molecular complexity index is 1010. The zero-order valence-electron chi connectivity index (χ0n) is 20.4. The minimum Gasteiger partial charge on any atom is -0.492 e. The van der Waals surface area contributed by atoms with E-state index in [1.807, 2.05) is 13.8 Å². The van der Waals surface area contributed by atoms with Crippen molar-refractivity contribution in [2.24, 2.45) is 5.84 Å². The number of carbonyl (C=O) groups is 2. The molecule has 5 N–H and O–H groups in total. The maximum atomic E-state index is 14.0. The molecule has 36 heavy (non-hydrogen) atoms. The highest BCUT2D eigenvalue weighted by atomic mass is 19.1. The van der Waals surface area contributed by atoms with Crippen LogP contribution in [0.25, 0.3) is 0 Å². The number of carboxylic acids is 2. The van der Waals surface area contributed by atoms with Crippen molar-refractivity contribution in [2.45, 2.75) is 38.6 Å². The summed E-state index contributed by atoms with van der Waals surface area (Å²) in [5, 5.41) is 26.8. The molecule has 0 atom stereocenters. The number of nitrogens with zero attached hydrogens (tertiary/aromatic N) is 5. The van der Waals surface area contributed by atoms with Gasteiger partial charge in [0.2, 0.25) is 0 Å². The summed E-state index contributed by atoms with van der Waals surface area (Å²) >= 11 is 0. The molecule has 0 bridgehead atoms. The second-order valence-electron chi connectivity index (χ2n) is 8.40. The smallest absolute Gasteiger partial charge is 0.414 e. The largest absolute Gasteiger partial charge is 0.492 e. The number of rotatable bonds is 9. The third-order valence-electron chi connectivity index (χ3n) is 5.54. The summed E-state index contributed by atoms with van der Waals surface area (Å²) in [6, 6.07) is 5.47. The van der Waals surface area contributed by atoms with Crippen LogP contribution < -0.4 is 20.5 Å². The van der Waals surface area contributed by atoms with Gasteiger partial charge < -0.3 is 24.4 Å². The number of anilines is 2. The van der Waals surface area contributed by atoms with E-state index in [-0.39, 0.29) is 11.6 Å². The highest BCUT2D eigenvalue weighted by Gasteiger charge is 2.25. The summed E-state index contributed by atoms with van der Waals surface area (Å²) in [5.41, 5.74) is 0.128. The minimum atomic E-state index is -1.82. The number of benzene rings is 1. The first kappa shape index (κ1) is 28.5. The standard InChI is InChI=1S/C20H30FN7O2.C2H2O4/c1-14(2)19-24-20(30-25-19)27-8-6-15(7-9-27)26(3)10-11-29-16-4-5-18(17(21)12-16)28(23)13-22;3-1(4)2(5)6/h4-5,12-15,22H,6-11,23H2,1-3H3;(H,3,4)(H,5,6). The van der Waals surface area contributed by atoms with Gasteiger partial charge in [-0.1, -0.05) is 19.0 Å². The summed E-state index contributed by atoms with van der Waals surface area (Å²) in [7, 11) is 2.08. The Morgan fingerprint density at radius 2 is 1.97 bits per heavy atom. The topological polar surface area (TPSA) is 182 Å². The van der Waals surface area contributed by atoms with Crippen LogP contribution in [0.4, 0.5) is 16.1 Å². The molecule has 0 amide bonds. The first-order chi connectivity index (χ1) is 17.0. The summed E-state index contributed by atoms with van der Waals surface area (Å²) in [6.07, 6.45) is 2.84. The van der Waals surface area contributed by atoms with Gasteiger partial charge in [-0.25, -0.2) is 19.8 Å². The van der Waals surface area contributed by atoms with Gasteiger partial charge >= 0.3 is 18.0 Å². The molecule has 1 aromatic carbocycles. The summed E-state index contributed by atoms with van der Waals surface area (Å²) < 4.78 is 25.1. The highest BCUT2D eigenvalue weighted by Crippen LogP contribution is 2.24. The van der Waals surface area contributed by atoms with Crippen molar-refractivity contribution < 1.29 is 33.5 Å². The SMILES string of the molecule is CC(C)c1noc(N2CCC(N(C)CCOc3ccc(N(N)C=N)c(F)c3)CC2)n1.O=C(O)C(=O)O. The fraction of sp³-hybridized carbons (Fsp3) is 0.500. The van der Waals surface area contributed by atoms with Crippen molar-refractivity contribution in [3.8, 4) is 5.75 Å². The molecule has 3 rings (SSSR count). The normalized spacial score (nSPS) is 13.8. The molecule has 1 fully saturated rings. The Morgan fingerprint density at radius 1 is 1.33 bits per heavy atom. The van der Waals surface area contributed by atoms with E-state index >= 15 is 0 Å². The van der Waals surface area contributed by atoms with Crippen molar-refractivity contribution >= 4 is 30.0 Å². The Hall–Kier alpha value is -3.78. The first-order valence-electron chi connectivity index (χ1n) is 11.2. The summed E-state index contributed by atoms with van der Waals surface area (Å²) in [5.74, 6) is 2.77. The van der Waals surface area contributed by atoms with Gasteiger partial charge in [-0.15, -0.1) is 0 Å². The first-order valence-corrected chi connectivity index (χ1v) is 11.2. The molecule has 0 saturated carbocycles. The molecule has 0 aliphatic carbocycles. The van der Waals surface area contributed by atoms with Crippen LogP contribution in [0.2, 0.25) is 0 Å². The van der Waals surface area contributed by atoms with E-state index in [4.69, 9.17) is 40.3 Å². The van der Waals surface area contributed by atoms with Crippen LogP contribution in [-0.2, 0) is 9.59 Å². The van der Waals surface area contributed by atoms with Gasteiger partial charge in [-0.2, -0.15) is 4.98 Å². The lowest BCUT2D eigenvalue weighted by molar-refractivity contribution is -0.159. The molecule has 0 unspecified atom stereocenters. The van der Waals surface area contributed by atoms with E-state index in [1.165, 1.54) is 12.1 Å². The van der Waals surface area contributed by atoms with E-state index < -0.39 is 17.8 Å². The molecule has 2 aromatic rings. The van der Waals surface area contributed by atoms with E-state index in [0.29, 0.717) is 24.4 Å². The Kier molecular flexibility index (Phi) is 10.5. The molecular weight excluding hydrogens is 477 g/mol. The van der Waals surface area contributed by atoms with Crippen LogP contribution in [0.5, 0.6) is 5.75 Å². The van der Waals surface area contributed by atoms with E-state index in [9.17, 15) is 4.39 Å². The van der Waals surface area contributed by atoms with Gasteiger partial charge in [0.1, 0.15) is 18.7 Å². The van der Waals surface area contributed by atoms with Gasteiger partial charge in [0.05, 0.1) is 5.69 Å². The molecule has 198 valence electrons. The number of likely N-dealkylation sites (N-methyl/N-ethyl adjacent to an activating group) is 1. The number of aliphatic carboxylic acids is 2. The molecule has 2 heterocycles. The number of nitrogens with two attached hydrogens (primary N) is 1. The molecule has 1 aliphatic rings. The number of ether oxygens (including phenoxy) is 1. The third kappa shape index (κ3) is 8.16. The van der Waals surface area contributed by atoms with Crippen LogP contribution in [-0.4, -0.2) is 82.9 Å². The lowest BCUT2D eigenvalue weighted by Crippen LogP contribution is -2.44. The Labute approximate surface area is 207 Å². The zero-order valence-corrected chi connectivity index (χ0v) is 20.4. The van der Waals surface area contributed by atoms with Crippen LogP contribution in [0.15, 0.2) is 22.7 Å². The van der Waals surface area contributed by atoms with Crippen molar-refractivity contribution in [1.29, 1.82) is 5.41 Å². The van der Waals surface area contributed by atoms with Crippen LogP contribution in [0, 0.1) is 11.2 Å². The van der Waals surface area contributed by atoms with Crippen LogP contribution >= 0.6 is 0 Å². The van der Waals surface area contributed by atoms with Crippen molar-refractivity contribution in [3.05, 3.63) is 29.8 Å². The zero-order chi connectivity index (χ0) is 26.8. The van der Waals surface area contributed by atoms with E-state index in [0.717, 1.165) is 49.6 Å². The molecule has 13 nitrogen and oxygen atoms in total. The van der Waals surface area contributed by atoms with E-state index in [2.05, 4.69) is 27.0 Å². The predicted octanol–water partition coefficient (Wildman–Crippen LogP) is 1.75. The summed E-state index contributed by atoms with van der Waals surface area (Å²) in [4.78, 5) is 27.1. The molecular formula is C22H32FN7O6. The third-order valence-corrected chi connectivity index (χ3v) is 5.54. The number of hydrogen-bond donors (Lipinski definition) is 4. The highest BCUT2D eigenvalue weighted by molar-refractivity contribution is 6.27. The fourth-order valence-corrected chi connectivity index (χ4v) is 3.43. The average Bonchev–Trinajstić information content (AvgIpc) is 3.35. The number of nitrogens with one attached hydrogen (secondary N) is 1. The Morgan fingerprint density at radius 3 is 2.47 bits per heavy atom. The molecule has 1 aliphatic heterocycles. The number of halogens is 1. The van der Waals surface area contributed by atoms with Gasteiger partial charge in [0, 0.05) is 37.7 Å². The summed E-state index contributed by atoms with van der Waals surface area (Å²) in [6.45, 7) is 7.01. The van der Waals surface area contributed by atoms with E-state index in [1.54, 1.807) is 6.07 Å². The van der Waals surface area contributed by atoms with Crippen molar-refractivity contribution in [1.82, 2.24) is 15.0 Å². The van der Waals surface area contributed by atoms with Crippen molar-refractivity contribution in [3.63, 3.8) is 0 Å². The number of hydrogen-bond acceptors (Lipinski definition) is 10. The van der Waals surface area contributed by atoms with Crippen LogP contribution in [0.3, 0.4) is 0 Å². The minimum absolute atomic E-state index is 0.128. The van der Waals surface area contributed by atoms with Gasteiger partial charge in [0.15, 0.2) is 11.6 Å². The monoisotopic (exact) mass is 509 g/mol. The molecule has 1 saturated heterocycles. The lowest BCUT2D eigenvalue weighted by Gasteiger charge is -2.35. The molecule has 1 aromatic heterocycles. The maximum Gasteiger partial charge on any atom is 0.414 e. The molecule has 0 spiro atoms.